The monoisotopic (exact) mass is 354 g/mol. The van der Waals surface area contributed by atoms with Gasteiger partial charge >= 0.3 is 12.1 Å². The van der Waals surface area contributed by atoms with Gasteiger partial charge in [0.25, 0.3) is 0 Å². The first-order valence-electron chi connectivity index (χ1n) is 8.87. The number of hydrogen-bond acceptors (Lipinski definition) is 3. The summed E-state index contributed by atoms with van der Waals surface area (Å²) in [5.74, 6) is 0. The number of carbonyl (C=O) groups excluding carboxylic acids is 2. The topological polar surface area (TPSA) is 66.8 Å². The van der Waals surface area contributed by atoms with Gasteiger partial charge < -0.3 is 19.5 Å². The van der Waals surface area contributed by atoms with Crippen LogP contribution in [-0.2, 0) is 11.8 Å². The summed E-state index contributed by atoms with van der Waals surface area (Å²) < 4.78 is 7.04. The smallest absolute Gasteiger partial charge is 0.414 e. The van der Waals surface area contributed by atoms with E-state index in [4.69, 9.17) is 4.74 Å². The molecule has 2 saturated heterocycles. The summed E-state index contributed by atoms with van der Waals surface area (Å²) >= 11 is 0. The Kier molecular flexibility index (Phi) is 4.28. The van der Waals surface area contributed by atoms with Crippen molar-refractivity contribution >= 4 is 23.5 Å². The van der Waals surface area contributed by atoms with E-state index in [9.17, 15) is 9.59 Å². The van der Waals surface area contributed by atoms with Gasteiger partial charge in [-0.3, -0.25) is 4.90 Å². The minimum atomic E-state index is -0.350. The molecule has 1 atom stereocenters. The zero-order chi connectivity index (χ0) is 18.1. The summed E-state index contributed by atoms with van der Waals surface area (Å²) in [5, 5.41) is 2.97. The molecule has 3 amide bonds. The van der Waals surface area contributed by atoms with Crippen LogP contribution in [0.3, 0.4) is 0 Å². The number of amides is 3. The van der Waals surface area contributed by atoms with Crippen LogP contribution in [0, 0.1) is 0 Å². The summed E-state index contributed by atoms with van der Waals surface area (Å²) in [6.45, 7) is 1.65. The molecule has 0 aliphatic carbocycles. The SMILES string of the molecule is Cn1cccc1C1CCCN1C(=O)Nc1cccc(N2CCOC2=O)c1. The number of hydrogen-bond donors (Lipinski definition) is 1. The molecular formula is C19H22N4O3. The van der Waals surface area contributed by atoms with Gasteiger partial charge in [-0.15, -0.1) is 0 Å². The molecular weight excluding hydrogens is 332 g/mol. The van der Waals surface area contributed by atoms with Gasteiger partial charge in [0.2, 0.25) is 0 Å². The fraction of sp³-hybridized carbons (Fsp3) is 0.368. The molecule has 2 aliphatic heterocycles. The predicted molar refractivity (Wildman–Crippen MR) is 98.2 cm³/mol. The van der Waals surface area contributed by atoms with Gasteiger partial charge in [-0.1, -0.05) is 6.07 Å². The van der Waals surface area contributed by atoms with Crippen molar-refractivity contribution in [3.63, 3.8) is 0 Å². The van der Waals surface area contributed by atoms with Crippen molar-refractivity contribution in [3.05, 3.63) is 48.3 Å². The predicted octanol–water partition coefficient (Wildman–Crippen LogP) is 3.35. The molecule has 26 heavy (non-hydrogen) atoms. The van der Waals surface area contributed by atoms with Gasteiger partial charge in [0.15, 0.2) is 0 Å². The second kappa shape index (κ2) is 6.74. The van der Waals surface area contributed by atoms with Crippen LogP contribution in [0.5, 0.6) is 0 Å². The Morgan fingerprint density at radius 3 is 2.85 bits per heavy atom. The molecule has 136 valence electrons. The van der Waals surface area contributed by atoms with E-state index in [1.54, 1.807) is 11.0 Å². The number of ether oxygens (including phenoxy) is 1. The van der Waals surface area contributed by atoms with Crippen LogP contribution >= 0.6 is 0 Å². The standard InChI is InChI=1S/C19H22N4O3/c1-21-9-3-7-16(21)17-8-4-10-23(17)18(24)20-14-5-2-6-15(13-14)22-11-12-26-19(22)25/h2-3,5-7,9,13,17H,4,8,10-12H2,1H3,(H,20,24). The number of carbonyl (C=O) groups is 2. The number of anilines is 2. The van der Waals surface area contributed by atoms with E-state index in [1.807, 2.05) is 42.4 Å². The summed E-state index contributed by atoms with van der Waals surface area (Å²) in [5.41, 5.74) is 2.54. The summed E-state index contributed by atoms with van der Waals surface area (Å²) in [7, 11) is 2.00. The fourth-order valence-electron chi connectivity index (χ4n) is 3.71. The lowest BCUT2D eigenvalue weighted by atomic mass is 10.1. The average molecular weight is 354 g/mol. The molecule has 3 heterocycles. The molecule has 1 unspecified atom stereocenters. The number of nitrogens with one attached hydrogen (secondary N) is 1. The lowest BCUT2D eigenvalue weighted by Gasteiger charge is -2.26. The Morgan fingerprint density at radius 1 is 1.23 bits per heavy atom. The maximum atomic E-state index is 12.8. The highest BCUT2D eigenvalue weighted by Crippen LogP contribution is 2.32. The van der Waals surface area contributed by atoms with E-state index in [1.165, 1.54) is 0 Å². The third-order valence-corrected chi connectivity index (χ3v) is 5.01. The highest BCUT2D eigenvalue weighted by atomic mass is 16.6. The van der Waals surface area contributed by atoms with Crippen LogP contribution in [-0.4, -0.2) is 41.3 Å². The number of likely N-dealkylation sites (tertiary alicyclic amines) is 1. The number of aromatic nitrogens is 1. The van der Waals surface area contributed by atoms with Gasteiger partial charge in [-0.25, -0.2) is 9.59 Å². The Morgan fingerprint density at radius 2 is 2.12 bits per heavy atom. The number of cyclic esters (lactones) is 1. The van der Waals surface area contributed by atoms with Crippen LogP contribution in [0.1, 0.15) is 24.6 Å². The first-order valence-corrected chi connectivity index (χ1v) is 8.87. The number of aryl methyl sites for hydroxylation is 1. The Balaban J connectivity index is 1.49. The third kappa shape index (κ3) is 3.00. The minimum absolute atomic E-state index is 0.0896. The lowest BCUT2D eigenvalue weighted by molar-refractivity contribution is 0.181. The fourth-order valence-corrected chi connectivity index (χ4v) is 3.71. The normalized spacial score (nSPS) is 19.7. The van der Waals surface area contributed by atoms with Crippen molar-refractivity contribution in [2.45, 2.75) is 18.9 Å². The second-order valence-corrected chi connectivity index (χ2v) is 6.64. The molecule has 0 saturated carbocycles. The van der Waals surface area contributed by atoms with Crippen molar-refractivity contribution in [1.29, 1.82) is 0 Å². The van der Waals surface area contributed by atoms with Gasteiger partial charge in [-0.05, 0) is 43.2 Å². The van der Waals surface area contributed by atoms with E-state index in [0.717, 1.165) is 30.8 Å². The van der Waals surface area contributed by atoms with E-state index in [0.29, 0.717) is 18.8 Å². The molecule has 4 rings (SSSR count). The molecule has 7 heteroatoms. The molecule has 1 N–H and O–H groups in total. The zero-order valence-corrected chi connectivity index (χ0v) is 14.7. The average Bonchev–Trinajstić information content (AvgIpc) is 3.35. The van der Waals surface area contributed by atoms with E-state index in [2.05, 4.69) is 16.0 Å². The molecule has 0 radical (unpaired) electrons. The highest BCUT2D eigenvalue weighted by Gasteiger charge is 2.31. The number of rotatable bonds is 3. The van der Waals surface area contributed by atoms with E-state index < -0.39 is 0 Å². The van der Waals surface area contributed by atoms with Crippen molar-refractivity contribution < 1.29 is 14.3 Å². The quantitative estimate of drug-likeness (QED) is 0.919. The number of nitrogens with zero attached hydrogens (tertiary/aromatic N) is 3. The van der Waals surface area contributed by atoms with Gasteiger partial charge in [-0.2, -0.15) is 0 Å². The van der Waals surface area contributed by atoms with Crippen LogP contribution < -0.4 is 10.2 Å². The molecule has 2 aromatic rings. The molecule has 1 aromatic heterocycles. The Hall–Kier alpha value is -2.96. The number of urea groups is 1. The van der Waals surface area contributed by atoms with E-state index >= 15 is 0 Å². The molecule has 1 aromatic carbocycles. The maximum Gasteiger partial charge on any atom is 0.414 e. The molecule has 2 aliphatic rings. The van der Waals surface area contributed by atoms with Gasteiger partial charge in [0.05, 0.1) is 12.6 Å². The lowest BCUT2D eigenvalue weighted by Crippen LogP contribution is -2.35. The first kappa shape index (κ1) is 16.5. The zero-order valence-electron chi connectivity index (χ0n) is 14.7. The van der Waals surface area contributed by atoms with E-state index in [-0.39, 0.29) is 18.2 Å². The Bertz CT molecular complexity index is 832. The third-order valence-electron chi connectivity index (χ3n) is 5.01. The van der Waals surface area contributed by atoms with Crippen molar-refractivity contribution in [3.8, 4) is 0 Å². The van der Waals surface area contributed by atoms with Crippen molar-refractivity contribution in [2.24, 2.45) is 7.05 Å². The summed E-state index contributed by atoms with van der Waals surface area (Å²) in [4.78, 5) is 28.0. The first-order chi connectivity index (χ1) is 12.6. The molecule has 7 nitrogen and oxygen atoms in total. The van der Waals surface area contributed by atoms with Crippen molar-refractivity contribution in [2.75, 3.05) is 29.9 Å². The highest BCUT2D eigenvalue weighted by molar-refractivity contribution is 5.93. The summed E-state index contributed by atoms with van der Waals surface area (Å²) in [6, 6.07) is 11.3. The number of benzene rings is 1. The minimum Gasteiger partial charge on any atom is -0.447 e. The largest absolute Gasteiger partial charge is 0.447 e. The van der Waals surface area contributed by atoms with Crippen molar-refractivity contribution in [1.82, 2.24) is 9.47 Å². The molecule has 2 fully saturated rings. The molecule has 0 spiro atoms. The molecule has 0 bridgehead atoms. The van der Waals surface area contributed by atoms with Crippen LogP contribution in [0.15, 0.2) is 42.6 Å². The second-order valence-electron chi connectivity index (χ2n) is 6.64. The Labute approximate surface area is 152 Å². The van der Waals surface area contributed by atoms with Crippen LogP contribution in [0.25, 0.3) is 0 Å². The van der Waals surface area contributed by atoms with Crippen LogP contribution in [0.2, 0.25) is 0 Å². The van der Waals surface area contributed by atoms with Crippen LogP contribution in [0.4, 0.5) is 21.0 Å². The van der Waals surface area contributed by atoms with Gasteiger partial charge in [0, 0.05) is 36.9 Å². The summed E-state index contributed by atoms with van der Waals surface area (Å²) in [6.07, 6.45) is 3.60. The maximum absolute atomic E-state index is 12.8. The van der Waals surface area contributed by atoms with Gasteiger partial charge in [0.1, 0.15) is 6.61 Å².